The standard InChI is InChI=1S/C14H18N4O3.C8H6N4O5.C3H7NO/c1-19-10-5-8(6-11(20-2)12(10)21-3)4-9-7-17-14(16)18-13(9)15;13-6-4-11(8(14)10-6)9-3-5-1-2-7(17-5)12(15)16;1-4(2)3-5/h5-7H,4H2,1-3H3,(H4,15,16,17,18);1-3H,4H2,(H,10,13,14);3H,1-2H3/b;9-3+;. The van der Waals surface area contributed by atoms with Crippen LogP contribution in [0.2, 0.25) is 0 Å². The SMILES string of the molecule is CN(C)C=O.COc1cc(Cc2cnc(N)nc2N)cc(OC)c1OC.O=C1CN(/N=C/c2ccc([N+](=O)[O-])o2)C(=O)N1. The van der Waals surface area contributed by atoms with Crippen LogP contribution < -0.4 is 31.0 Å². The predicted octanol–water partition coefficient (Wildman–Crippen LogP) is 1.04. The van der Waals surface area contributed by atoms with Crippen LogP contribution in [0.5, 0.6) is 17.2 Å². The van der Waals surface area contributed by atoms with Gasteiger partial charge in [0.1, 0.15) is 17.3 Å². The molecule has 230 valence electrons. The van der Waals surface area contributed by atoms with Crippen molar-refractivity contribution in [1.82, 2.24) is 25.2 Å². The first kappa shape index (κ1) is 33.3. The summed E-state index contributed by atoms with van der Waals surface area (Å²) in [6, 6.07) is 5.56. The second kappa shape index (κ2) is 15.7. The maximum Gasteiger partial charge on any atom is 0.433 e. The van der Waals surface area contributed by atoms with Crippen molar-refractivity contribution in [2.45, 2.75) is 6.42 Å². The molecule has 1 aliphatic rings. The van der Waals surface area contributed by atoms with Crippen molar-refractivity contribution in [3.8, 4) is 17.2 Å². The minimum absolute atomic E-state index is 0.115. The van der Waals surface area contributed by atoms with Crippen molar-refractivity contribution in [1.29, 1.82) is 0 Å². The maximum atomic E-state index is 11.1. The van der Waals surface area contributed by atoms with Gasteiger partial charge in [0.2, 0.25) is 24.0 Å². The van der Waals surface area contributed by atoms with Gasteiger partial charge in [-0.05, 0) is 23.8 Å². The Morgan fingerprint density at radius 3 is 2.23 bits per heavy atom. The smallest absolute Gasteiger partial charge is 0.433 e. The van der Waals surface area contributed by atoms with Gasteiger partial charge in [-0.25, -0.2) is 14.8 Å². The number of anilines is 2. The number of imide groups is 1. The third kappa shape index (κ3) is 9.88. The molecule has 0 radical (unpaired) electrons. The zero-order valence-corrected chi connectivity index (χ0v) is 24.0. The number of ether oxygens (including phenoxy) is 3. The normalized spacial score (nSPS) is 12.0. The molecule has 2 aromatic heterocycles. The fraction of sp³-hybridized carbons (Fsp3) is 0.280. The molecule has 0 unspecified atom stereocenters. The number of methoxy groups -OCH3 is 3. The highest BCUT2D eigenvalue weighted by molar-refractivity contribution is 6.02. The minimum atomic E-state index is -0.691. The van der Waals surface area contributed by atoms with Gasteiger partial charge in [0, 0.05) is 32.3 Å². The number of nitrogens with zero attached hydrogens (tertiary/aromatic N) is 6. The highest BCUT2D eigenvalue weighted by Gasteiger charge is 2.26. The molecule has 0 bridgehead atoms. The molecular weight excluding hydrogens is 570 g/mol. The summed E-state index contributed by atoms with van der Waals surface area (Å²) in [6.45, 7) is -0.182. The Morgan fingerprint density at radius 1 is 1.16 bits per heavy atom. The summed E-state index contributed by atoms with van der Waals surface area (Å²) in [5.74, 6) is 1.46. The number of hydrazone groups is 1. The Labute approximate surface area is 245 Å². The molecule has 18 heteroatoms. The van der Waals surface area contributed by atoms with Crippen LogP contribution in [0.15, 0.2) is 40.0 Å². The molecule has 1 saturated heterocycles. The number of urea groups is 1. The summed E-state index contributed by atoms with van der Waals surface area (Å²) < 4.78 is 20.7. The van der Waals surface area contributed by atoms with Gasteiger partial charge in [0.05, 0.1) is 33.6 Å². The lowest BCUT2D eigenvalue weighted by Gasteiger charge is -2.14. The average molecular weight is 602 g/mol. The number of carbonyl (C=O) groups is 3. The van der Waals surface area contributed by atoms with Crippen molar-refractivity contribution in [2.75, 3.05) is 53.4 Å². The number of benzene rings is 1. The van der Waals surface area contributed by atoms with E-state index in [-0.39, 0.29) is 18.3 Å². The fourth-order valence-electron chi connectivity index (χ4n) is 3.19. The molecule has 3 heterocycles. The van der Waals surface area contributed by atoms with E-state index in [0.29, 0.717) is 29.5 Å². The number of nitrogens with two attached hydrogens (primary N) is 2. The predicted molar refractivity (Wildman–Crippen MR) is 153 cm³/mol. The third-order valence-electron chi connectivity index (χ3n) is 5.14. The lowest BCUT2D eigenvalue weighted by atomic mass is 10.1. The largest absolute Gasteiger partial charge is 0.493 e. The van der Waals surface area contributed by atoms with E-state index in [0.717, 1.165) is 34.8 Å². The lowest BCUT2D eigenvalue weighted by Crippen LogP contribution is -2.24. The summed E-state index contributed by atoms with van der Waals surface area (Å²) in [5.41, 5.74) is 13.1. The fourth-order valence-corrected chi connectivity index (χ4v) is 3.19. The first-order valence-electron chi connectivity index (χ1n) is 12.1. The van der Waals surface area contributed by atoms with Gasteiger partial charge in [-0.2, -0.15) is 10.1 Å². The Kier molecular flexibility index (Phi) is 12.2. The molecule has 18 nitrogen and oxygen atoms in total. The molecule has 0 saturated carbocycles. The molecule has 0 spiro atoms. The number of nitrogen functional groups attached to an aromatic ring is 2. The Bertz CT molecular complexity index is 1450. The summed E-state index contributed by atoms with van der Waals surface area (Å²) in [4.78, 5) is 50.3. The molecule has 1 aliphatic heterocycles. The Balaban J connectivity index is 0.000000264. The van der Waals surface area contributed by atoms with E-state index in [9.17, 15) is 24.5 Å². The number of rotatable bonds is 9. The maximum absolute atomic E-state index is 11.1. The van der Waals surface area contributed by atoms with Crippen LogP contribution in [-0.2, 0) is 16.0 Å². The molecule has 1 aromatic carbocycles. The summed E-state index contributed by atoms with van der Waals surface area (Å²) in [7, 11) is 8.08. The monoisotopic (exact) mass is 601 g/mol. The highest BCUT2D eigenvalue weighted by atomic mass is 16.6. The van der Waals surface area contributed by atoms with Crippen LogP contribution in [0, 0.1) is 10.1 Å². The quantitative estimate of drug-likeness (QED) is 0.102. The Morgan fingerprint density at radius 2 is 1.79 bits per heavy atom. The van der Waals surface area contributed by atoms with Crippen LogP contribution >= 0.6 is 0 Å². The van der Waals surface area contributed by atoms with Gasteiger partial charge < -0.3 is 35.0 Å². The number of hydrogen-bond acceptors (Lipinski definition) is 14. The zero-order chi connectivity index (χ0) is 32.1. The summed E-state index contributed by atoms with van der Waals surface area (Å²) in [5, 5.41) is 16.9. The average Bonchev–Trinajstić information content (AvgIpc) is 3.58. The Hall–Kier alpha value is -5.94. The molecule has 4 rings (SSSR count). The second-order valence-electron chi connectivity index (χ2n) is 8.51. The van der Waals surface area contributed by atoms with Crippen LogP contribution in [-0.4, -0.2) is 91.3 Å². The van der Waals surface area contributed by atoms with Crippen molar-refractivity contribution < 1.29 is 37.9 Å². The molecule has 5 N–H and O–H groups in total. The molecule has 1 fully saturated rings. The van der Waals surface area contributed by atoms with Gasteiger partial charge in [-0.15, -0.1) is 0 Å². The topological polar surface area (TPSA) is 244 Å². The van der Waals surface area contributed by atoms with E-state index < -0.39 is 22.7 Å². The van der Waals surface area contributed by atoms with Gasteiger partial charge in [0.15, 0.2) is 17.3 Å². The van der Waals surface area contributed by atoms with Crippen LogP contribution in [0.1, 0.15) is 16.9 Å². The van der Waals surface area contributed by atoms with E-state index in [1.807, 2.05) is 17.4 Å². The van der Waals surface area contributed by atoms with Gasteiger partial charge in [-0.3, -0.25) is 25.0 Å². The van der Waals surface area contributed by atoms with Gasteiger partial charge in [0.25, 0.3) is 0 Å². The van der Waals surface area contributed by atoms with Crippen molar-refractivity contribution in [2.24, 2.45) is 5.10 Å². The summed E-state index contributed by atoms with van der Waals surface area (Å²) >= 11 is 0. The number of furan rings is 1. The molecule has 0 atom stereocenters. The first-order valence-corrected chi connectivity index (χ1v) is 12.1. The summed E-state index contributed by atoms with van der Waals surface area (Å²) in [6.07, 6.45) is 4.01. The van der Waals surface area contributed by atoms with E-state index in [4.69, 9.17) is 30.1 Å². The third-order valence-corrected chi connectivity index (χ3v) is 5.14. The van der Waals surface area contributed by atoms with E-state index in [2.05, 4.69) is 15.1 Å². The van der Waals surface area contributed by atoms with Crippen molar-refractivity contribution in [3.05, 3.63) is 57.5 Å². The van der Waals surface area contributed by atoms with Gasteiger partial charge >= 0.3 is 11.9 Å². The number of carbonyl (C=O) groups excluding carboxylic acids is 3. The molecule has 43 heavy (non-hydrogen) atoms. The zero-order valence-electron chi connectivity index (χ0n) is 24.0. The second-order valence-corrected chi connectivity index (χ2v) is 8.51. The van der Waals surface area contributed by atoms with Crippen molar-refractivity contribution >= 4 is 42.2 Å². The number of aromatic nitrogens is 2. The van der Waals surface area contributed by atoms with E-state index in [1.165, 1.54) is 11.0 Å². The molecule has 4 amide bonds. The van der Waals surface area contributed by atoms with Crippen LogP contribution in [0.25, 0.3) is 0 Å². The van der Waals surface area contributed by atoms with Crippen molar-refractivity contribution in [3.63, 3.8) is 0 Å². The highest BCUT2D eigenvalue weighted by Crippen LogP contribution is 2.38. The van der Waals surface area contributed by atoms with Gasteiger partial charge in [-0.1, -0.05) is 0 Å². The van der Waals surface area contributed by atoms with Crippen LogP contribution in [0.3, 0.4) is 0 Å². The van der Waals surface area contributed by atoms with E-state index in [1.54, 1.807) is 41.6 Å². The number of nitrogens with one attached hydrogen (secondary N) is 1. The van der Waals surface area contributed by atoms with E-state index >= 15 is 0 Å². The molecule has 0 aliphatic carbocycles. The number of amides is 4. The molecular formula is C25H31N9O9. The number of nitro groups is 1. The lowest BCUT2D eigenvalue weighted by molar-refractivity contribution is -0.402. The first-order chi connectivity index (χ1) is 20.4. The molecule has 3 aromatic rings. The minimum Gasteiger partial charge on any atom is -0.493 e. The van der Waals surface area contributed by atoms with Crippen LogP contribution in [0.4, 0.5) is 22.4 Å². The number of hydrogen-bond donors (Lipinski definition) is 3.